The Morgan fingerprint density at radius 1 is 1.19 bits per heavy atom. The predicted molar refractivity (Wildman–Crippen MR) is 100 cm³/mol. The van der Waals surface area contributed by atoms with Crippen LogP contribution >= 0.6 is 0 Å². The van der Waals surface area contributed by atoms with Crippen molar-refractivity contribution in [3.8, 4) is 0 Å². The summed E-state index contributed by atoms with van der Waals surface area (Å²) in [7, 11) is 0. The van der Waals surface area contributed by atoms with E-state index in [2.05, 4.69) is 40.7 Å². The minimum Gasteiger partial charge on any atom is -0.467 e. The number of aryl methyl sites for hydroxylation is 1. The Hall–Kier alpha value is -2.82. The summed E-state index contributed by atoms with van der Waals surface area (Å²) < 4.78 is 7.52. The summed E-state index contributed by atoms with van der Waals surface area (Å²) in [6, 6.07) is 12.2. The molecule has 0 spiro atoms. The third-order valence-corrected chi connectivity index (χ3v) is 4.34. The Kier molecular flexibility index (Phi) is 5.56. The number of benzene rings is 1. The highest BCUT2D eigenvalue weighted by atomic mass is 16.3. The average Bonchev–Trinajstić information content (AvgIpc) is 3.28. The third kappa shape index (κ3) is 4.42. The van der Waals surface area contributed by atoms with E-state index < -0.39 is 0 Å². The fourth-order valence-electron chi connectivity index (χ4n) is 2.86. The van der Waals surface area contributed by atoms with Crippen LogP contribution in [0, 0.1) is 12.8 Å². The third-order valence-electron chi connectivity index (χ3n) is 4.34. The van der Waals surface area contributed by atoms with Crippen LogP contribution in [0.4, 0.5) is 0 Å². The first-order chi connectivity index (χ1) is 12.5. The zero-order chi connectivity index (χ0) is 18.5. The first-order valence-corrected chi connectivity index (χ1v) is 8.89. The van der Waals surface area contributed by atoms with Crippen LogP contribution in [0.25, 0.3) is 0 Å². The van der Waals surface area contributed by atoms with Crippen LogP contribution in [0.2, 0.25) is 0 Å². The topological polar surface area (TPSA) is 51.3 Å². The standard InChI is InChI=1S/C21H25N3O2/c1-16(2)21(25)24(14-19-5-4-12-26-19)15-20-22-10-11-23(20)13-18-8-6-17(3)7-9-18/h4-12,16H,13-15H2,1-3H3. The molecule has 0 bridgehead atoms. The number of imidazole rings is 1. The quantitative estimate of drug-likeness (QED) is 0.646. The highest BCUT2D eigenvalue weighted by molar-refractivity contribution is 5.78. The molecule has 1 aromatic carbocycles. The maximum Gasteiger partial charge on any atom is 0.225 e. The van der Waals surface area contributed by atoms with Gasteiger partial charge in [0.15, 0.2) is 0 Å². The van der Waals surface area contributed by atoms with E-state index in [4.69, 9.17) is 4.42 Å². The van der Waals surface area contributed by atoms with Gasteiger partial charge in [-0.05, 0) is 24.6 Å². The Labute approximate surface area is 154 Å². The molecule has 0 atom stereocenters. The van der Waals surface area contributed by atoms with Crippen LogP contribution in [0.3, 0.4) is 0 Å². The fourth-order valence-corrected chi connectivity index (χ4v) is 2.86. The van der Waals surface area contributed by atoms with Gasteiger partial charge in [0.05, 0.1) is 19.4 Å². The van der Waals surface area contributed by atoms with E-state index in [-0.39, 0.29) is 11.8 Å². The fraction of sp³-hybridized carbons (Fsp3) is 0.333. The number of carbonyl (C=O) groups is 1. The zero-order valence-corrected chi connectivity index (χ0v) is 15.6. The lowest BCUT2D eigenvalue weighted by molar-refractivity contribution is -0.136. The van der Waals surface area contributed by atoms with Crippen molar-refractivity contribution in [3.63, 3.8) is 0 Å². The Balaban J connectivity index is 1.77. The minimum atomic E-state index is -0.0783. The second-order valence-electron chi connectivity index (χ2n) is 6.89. The van der Waals surface area contributed by atoms with Crippen LogP contribution in [0.5, 0.6) is 0 Å². The van der Waals surface area contributed by atoms with Crippen molar-refractivity contribution in [2.45, 2.75) is 40.4 Å². The summed E-state index contributed by atoms with van der Waals surface area (Å²) in [5.41, 5.74) is 2.45. The summed E-state index contributed by atoms with van der Waals surface area (Å²) in [6.07, 6.45) is 5.38. The van der Waals surface area contributed by atoms with E-state index in [0.29, 0.717) is 13.1 Å². The summed E-state index contributed by atoms with van der Waals surface area (Å²) in [4.78, 5) is 18.9. The summed E-state index contributed by atoms with van der Waals surface area (Å²) in [5, 5.41) is 0. The number of amides is 1. The number of rotatable bonds is 7. The van der Waals surface area contributed by atoms with Crippen molar-refractivity contribution in [1.29, 1.82) is 0 Å². The molecule has 0 aliphatic rings. The lowest BCUT2D eigenvalue weighted by atomic mass is 10.1. The Morgan fingerprint density at radius 3 is 2.62 bits per heavy atom. The molecule has 5 nitrogen and oxygen atoms in total. The second-order valence-corrected chi connectivity index (χ2v) is 6.89. The normalized spacial score (nSPS) is 11.1. The molecule has 1 amide bonds. The Morgan fingerprint density at radius 2 is 1.96 bits per heavy atom. The number of aromatic nitrogens is 2. The molecule has 2 heterocycles. The molecule has 26 heavy (non-hydrogen) atoms. The van der Waals surface area contributed by atoms with Crippen molar-refractivity contribution in [3.05, 3.63) is 77.8 Å². The maximum atomic E-state index is 12.6. The van der Waals surface area contributed by atoms with Crippen LogP contribution in [0.15, 0.2) is 59.5 Å². The monoisotopic (exact) mass is 351 g/mol. The van der Waals surface area contributed by atoms with Crippen LogP contribution < -0.4 is 0 Å². The molecular weight excluding hydrogens is 326 g/mol. The SMILES string of the molecule is Cc1ccc(Cn2ccnc2CN(Cc2ccco2)C(=O)C(C)C)cc1. The zero-order valence-electron chi connectivity index (χ0n) is 15.6. The predicted octanol–water partition coefficient (Wildman–Crippen LogP) is 4.02. The van der Waals surface area contributed by atoms with Crippen molar-refractivity contribution < 1.29 is 9.21 Å². The molecule has 0 saturated carbocycles. The molecule has 3 aromatic rings. The molecule has 136 valence electrons. The lowest BCUT2D eigenvalue weighted by Crippen LogP contribution is -2.34. The number of nitrogens with zero attached hydrogens (tertiary/aromatic N) is 3. The van der Waals surface area contributed by atoms with Gasteiger partial charge < -0.3 is 13.9 Å². The van der Waals surface area contributed by atoms with Gasteiger partial charge in [-0.25, -0.2) is 4.98 Å². The molecule has 0 unspecified atom stereocenters. The van der Waals surface area contributed by atoms with Crippen LogP contribution in [-0.2, 0) is 24.4 Å². The van der Waals surface area contributed by atoms with Gasteiger partial charge in [-0.3, -0.25) is 4.79 Å². The highest BCUT2D eigenvalue weighted by Crippen LogP contribution is 2.15. The molecule has 0 aliphatic heterocycles. The molecule has 0 radical (unpaired) electrons. The summed E-state index contributed by atoms with van der Waals surface area (Å²) in [6.45, 7) is 7.54. The van der Waals surface area contributed by atoms with Crippen LogP contribution in [-0.4, -0.2) is 20.4 Å². The van der Waals surface area contributed by atoms with Crippen LogP contribution in [0.1, 0.15) is 36.6 Å². The first kappa shape index (κ1) is 18.0. The van der Waals surface area contributed by atoms with Gasteiger partial charge in [0.25, 0.3) is 0 Å². The molecule has 0 N–H and O–H groups in total. The van der Waals surface area contributed by atoms with Crippen molar-refractivity contribution >= 4 is 5.91 Å². The number of carbonyl (C=O) groups excluding carboxylic acids is 1. The molecule has 5 heteroatoms. The van der Waals surface area contributed by atoms with Crippen molar-refractivity contribution in [2.24, 2.45) is 5.92 Å². The minimum absolute atomic E-state index is 0.0783. The van der Waals surface area contributed by atoms with Gasteiger partial charge in [-0.2, -0.15) is 0 Å². The van der Waals surface area contributed by atoms with Crippen molar-refractivity contribution in [1.82, 2.24) is 14.5 Å². The molecular formula is C21H25N3O2. The van der Waals surface area contributed by atoms with Gasteiger partial charge in [-0.15, -0.1) is 0 Å². The average molecular weight is 351 g/mol. The number of hydrogen-bond acceptors (Lipinski definition) is 3. The molecule has 0 aliphatic carbocycles. The maximum absolute atomic E-state index is 12.6. The summed E-state index contributed by atoms with van der Waals surface area (Å²) >= 11 is 0. The first-order valence-electron chi connectivity index (χ1n) is 8.89. The van der Waals surface area contributed by atoms with Gasteiger partial charge in [-0.1, -0.05) is 43.7 Å². The van der Waals surface area contributed by atoms with E-state index in [0.717, 1.165) is 18.1 Å². The van der Waals surface area contributed by atoms with E-state index in [1.807, 2.05) is 32.2 Å². The van der Waals surface area contributed by atoms with Gasteiger partial charge >= 0.3 is 0 Å². The molecule has 3 rings (SSSR count). The molecule has 2 aromatic heterocycles. The number of furan rings is 1. The summed E-state index contributed by atoms with van der Waals surface area (Å²) in [5.74, 6) is 1.65. The van der Waals surface area contributed by atoms with Gasteiger partial charge in [0.1, 0.15) is 11.6 Å². The van der Waals surface area contributed by atoms with Crippen molar-refractivity contribution in [2.75, 3.05) is 0 Å². The molecule has 0 fully saturated rings. The molecule has 0 saturated heterocycles. The number of hydrogen-bond donors (Lipinski definition) is 0. The highest BCUT2D eigenvalue weighted by Gasteiger charge is 2.20. The van der Waals surface area contributed by atoms with E-state index >= 15 is 0 Å². The largest absolute Gasteiger partial charge is 0.467 e. The van der Waals surface area contributed by atoms with Gasteiger partial charge in [0, 0.05) is 24.9 Å². The Bertz CT molecular complexity index is 833. The van der Waals surface area contributed by atoms with E-state index in [1.165, 1.54) is 11.1 Å². The van der Waals surface area contributed by atoms with E-state index in [1.54, 1.807) is 17.4 Å². The van der Waals surface area contributed by atoms with E-state index in [9.17, 15) is 4.79 Å². The lowest BCUT2D eigenvalue weighted by Gasteiger charge is -2.24. The van der Waals surface area contributed by atoms with Gasteiger partial charge in [0.2, 0.25) is 5.91 Å². The second kappa shape index (κ2) is 8.04. The smallest absolute Gasteiger partial charge is 0.225 e.